The van der Waals surface area contributed by atoms with Crippen LogP contribution in [0.4, 0.5) is 0 Å². The summed E-state index contributed by atoms with van der Waals surface area (Å²) in [5, 5.41) is 0. The van der Waals surface area contributed by atoms with Crippen LogP contribution in [0.2, 0.25) is 58.9 Å². The molecule has 0 N–H and O–H groups in total. The van der Waals surface area contributed by atoms with Gasteiger partial charge in [0.25, 0.3) is 0 Å². The van der Waals surface area contributed by atoms with Crippen molar-refractivity contribution in [1.29, 1.82) is 0 Å². The second-order valence-corrected chi connectivity index (χ2v) is 48.9. The van der Waals surface area contributed by atoms with Crippen LogP contribution in [-0.2, 0) is 9.16 Å². The number of hydrogen-bond acceptors (Lipinski definition) is 2. The first-order chi connectivity index (χ1) is 9.78. The summed E-state index contributed by atoms with van der Waals surface area (Å²) >= 11 is 0. The van der Waals surface area contributed by atoms with E-state index < -0.39 is 29.6 Å². The molecule has 22 heavy (non-hydrogen) atoms. The molecule has 0 aromatic heterocycles. The molecule has 0 aliphatic carbocycles. The number of ether oxygens (including phenoxy) is 1. The summed E-state index contributed by atoms with van der Waals surface area (Å²) in [6.45, 7) is 25.8. The van der Waals surface area contributed by atoms with Crippen LogP contribution in [0.5, 0.6) is 0 Å². The van der Waals surface area contributed by atoms with Crippen molar-refractivity contribution in [3.05, 3.63) is 24.8 Å². The minimum atomic E-state index is -1.81. The van der Waals surface area contributed by atoms with Crippen LogP contribution in [0.15, 0.2) is 24.8 Å². The first kappa shape index (κ1) is 20.3. The molecule has 2 unspecified atom stereocenters. The summed E-state index contributed by atoms with van der Waals surface area (Å²) in [6, 6.07) is 0. The van der Waals surface area contributed by atoms with E-state index in [4.69, 9.17) is 9.16 Å². The molecule has 0 saturated carbocycles. The van der Waals surface area contributed by atoms with E-state index in [2.05, 4.69) is 77.7 Å². The predicted octanol–water partition coefficient (Wildman–Crippen LogP) is 4.71. The minimum absolute atomic E-state index is 0.0147. The molecule has 0 aromatic rings. The second kappa shape index (κ2) is 6.64. The zero-order valence-corrected chi connectivity index (χ0v) is 20.1. The number of rotatable bonds is 6. The molecule has 1 aliphatic rings. The van der Waals surface area contributed by atoms with Crippen molar-refractivity contribution in [2.45, 2.75) is 71.1 Å². The van der Waals surface area contributed by atoms with Crippen molar-refractivity contribution in [2.75, 3.05) is 6.61 Å². The standard InChI is InChI=1S/C16H36O2Si4/c1-11-15-16(13-12-14-17-15)18-22(19(2,3)4,20(5,6)7)21(8,9)10/h11-13,15-16H,1,14H2,2-10H3. The molecule has 128 valence electrons. The molecular formula is C16H36O2Si4. The Morgan fingerprint density at radius 3 is 1.77 bits per heavy atom. The largest absolute Gasteiger partial charge is 0.417 e. The fourth-order valence-corrected chi connectivity index (χ4v) is 98.8. The van der Waals surface area contributed by atoms with Gasteiger partial charge in [-0.2, -0.15) is 0 Å². The highest BCUT2D eigenvalue weighted by molar-refractivity contribution is 7.87. The Hall–Kier alpha value is 0.268. The van der Waals surface area contributed by atoms with Crippen LogP contribution < -0.4 is 0 Å². The van der Waals surface area contributed by atoms with Crippen molar-refractivity contribution < 1.29 is 9.16 Å². The average molecular weight is 373 g/mol. The van der Waals surface area contributed by atoms with Gasteiger partial charge in [0.1, 0.15) is 6.10 Å². The van der Waals surface area contributed by atoms with E-state index in [9.17, 15) is 0 Å². The fraction of sp³-hybridized carbons (Fsp3) is 0.750. The summed E-state index contributed by atoms with van der Waals surface area (Å²) in [5.41, 5.74) is 0. The second-order valence-electron chi connectivity index (χ2n) is 9.48. The van der Waals surface area contributed by atoms with Crippen molar-refractivity contribution in [1.82, 2.24) is 0 Å². The van der Waals surface area contributed by atoms with Crippen LogP contribution in [0.1, 0.15) is 0 Å². The maximum absolute atomic E-state index is 7.22. The zero-order valence-electron chi connectivity index (χ0n) is 16.1. The zero-order chi connectivity index (χ0) is 17.4. The molecule has 2 atom stereocenters. The van der Waals surface area contributed by atoms with Gasteiger partial charge in [0.15, 0.2) is 6.87 Å². The van der Waals surface area contributed by atoms with Gasteiger partial charge in [0.05, 0.1) is 35.5 Å². The van der Waals surface area contributed by atoms with Gasteiger partial charge in [-0.3, -0.25) is 0 Å². The molecule has 0 bridgehead atoms. The van der Waals surface area contributed by atoms with Gasteiger partial charge >= 0.3 is 0 Å². The van der Waals surface area contributed by atoms with E-state index in [1.54, 1.807) is 0 Å². The third kappa shape index (κ3) is 3.67. The van der Waals surface area contributed by atoms with E-state index in [0.29, 0.717) is 6.61 Å². The SMILES string of the molecule is C=CC1OCC=CC1O[Si]([Si](C)(C)C)([Si](C)(C)C)[Si](C)(C)C. The molecule has 0 amide bonds. The van der Waals surface area contributed by atoms with Gasteiger partial charge in [0.2, 0.25) is 0 Å². The smallest absolute Gasteiger partial charge is 0.159 e. The Morgan fingerprint density at radius 2 is 1.41 bits per heavy atom. The molecule has 1 rings (SSSR count). The molecule has 0 fully saturated rings. The molecule has 0 radical (unpaired) electrons. The van der Waals surface area contributed by atoms with Gasteiger partial charge in [-0.05, 0) is 0 Å². The highest BCUT2D eigenvalue weighted by atomic mass is 29.9. The topological polar surface area (TPSA) is 18.5 Å². The maximum atomic E-state index is 7.22. The third-order valence-electron chi connectivity index (χ3n) is 4.75. The summed E-state index contributed by atoms with van der Waals surface area (Å²) in [5.74, 6) is 0. The quantitative estimate of drug-likeness (QED) is 0.496. The lowest BCUT2D eigenvalue weighted by atomic mass is 10.1. The van der Waals surface area contributed by atoms with Crippen LogP contribution in [0.25, 0.3) is 0 Å². The van der Waals surface area contributed by atoms with E-state index in [0.717, 1.165) is 0 Å². The summed E-state index contributed by atoms with van der Waals surface area (Å²) < 4.78 is 13.1. The van der Waals surface area contributed by atoms with E-state index in [1.807, 2.05) is 6.08 Å². The van der Waals surface area contributed by atoms with E-state index in [-0.39, 0.29) is 12.2 Å². The molecule has 6 heteroatoms. The van der Waals surface area contributed by atoms with Crippen LogP contribution in [0, 0.1) is 0 Å². The van der Waals surface area contributed by atoms with Crippen molar-refractivity contribution in [2.24, 2.45) is 0 Å². The molecular weight excluding hydrogens is 337 g/mol. The monoisotopic (exact) mass is 372 g/mol. The number of hydrogen-bond donors (Lipinski definition) is 0. The normalized spacial score (nSPS) is 24.4. The maximum Gasteiger partial charge on any atom is 0.159 e. The van der Waals surface area contributed by atoms with E-state index in [1.165, 1.54) is 0 Å². The average Bonchev–Trinajstić information content (AvgIpc) is 2.31. The fourth-order valence-electron chi connectivity index (χ4n) is 4.98. The van der Waals surface area contributed by atoms with Gasteiger partial charge < -0.3 is 9.16 Å². The summed E-state index contributed by atoms with van der Waals surface area (Å²) in [6.07, 6.45) is 6.36. The summed E-state index contributed by atoms with van der Waals surface area (Å²) in [7, 11) is -4.25. The molecule has 2 nitrogen and oxygen atoms in total. The molecule has 1 heterocycles. The minimum Gasteiger partial charge on any atom is -0.417 e. The third-order valence-corrected chi connectivity index (χ3v) is 72.3. The Bertz CT molecular complexity index is 391. The Morgan fingerprint density at radius 1 is 0.955 bits per heavy atom. The van der Waals surface area contributed by atoms with Crippen molar-refractivity contribution in [3.8, 4) is 0 Å². The first-order valence-electron chi connectivity index (χ1n) is 8.36. The van der Waals surface area contributed by atoms with E-state index >= 15 is 0 Å². The van der Waals surface area contributed by atoms with Gasteiger partial charge in [-0.25, -0.2) is 0 Å². The first-order valence-corrected chi connectivity index (χ1v) is 23.8. The van der Waals surface area contributed by atoms with Crippen LogP contribution >= 0.6 is 0 Å². The van der Waals surface area contributed by atoms with Gasteiger partial charge in [0, 0.05) is 0 Å². The van der Waals surface area contributed by atoms with Gasteiger partial charge in [-0.1, -0.05) is 77.2 Å². The lowest BCUT2D eigenvalue weighted by molar-refractivity contribution is 0.0256. The Balaban J connectivity index is 3.41. The molecule has 1 aliphatic heterocycles. The van der Waals surface area contributed by atoms with Crippen LogP contribution in [0.3, 0.4) is 0 Å². The highest BCUT2D eigenvalue weighted by Gasteiger charge is 2.64. The van der Waals surface area contributed by atoms with Gasteiger partial charge in [-0.15, -0.1) is 6.58 Å². The molecule has 0 saturated heterocycles. The lowest BCUT2D eigenvalue weighted by Crippen LogP contribution is -2.85. The summed E-state index contributed by atoms with van der Waals surface area (Å²) in [4.78, 5) is 0. The highest BCUT2D eigenvalue weighted by Crippen LogP contribution is 2.39. The Labute approximate surface area is 141 Å². The van der Waals surface area contributed by atoms with Crippen LogP contribution in [-0.4, -0.2) is 48.5 Å². The molecule has 0 spiro atoms. The molecule has 0 aromatic carbocycles. The Kier molecular flexibility index (Phi) is 6.13. The van der Waals surface area contributed by atoms with Crippen molar-refractivity contribution >= 4 is 29.6 Å². The van der Waals surface area contributed by atoms with Crippen molar-refractivity contribution in [3.63, 3.8) is 0 Å². The lowest BCUT2D eigenvalue weighted by Gasteiger charge is -2.57. The predicted molar refractivity (Wildman–Crippen MR) is 110 cm³/mol.